The third-order valence-electron chi connectivity index (χ3n) is 6.07. The van der Waals surface area contributed by atoms with Crippen LogP contribution in [0.15, 0.2) is 40.8 Å². The molecule has 3 aromatic rings. The lowest BCUT2D eigenvalue weighted by molar-refractivity contribution is -0.136. The second-order valence-corrected chi connectivity index (χ2v) is 8.83. The fourth-order valence-electron chi connectivity index (χ4n) is 4.25. The second kappa shape index (κ2) is 8.55. The number of nitrogens with zero attached hydrogens (tertiary/aromatic N) is 2. The largest absolute Gasteiger partial charge is 0.417 e. The monoisotopic (exact) mass is 493 g/mol. The summed E-state index contributed by atoms with van der Waals surface area (Å²) in [4.78, 5) is 54.6. The summed E-state index contributed by atoms with van der Waals surface area (Å²) < 4.78 is 5.58. The van der Waals surface area contributed by atoms with E-state index in [1.165, 1.54) is 4.90 Å². The third kappa shape index (κ3) is 4.12. The van der Waals surface area contributed by atoms with Crippen molar-refractivity contribution in [3.05, 3.63) is 63.9 Å². The molecule has 0 aliphatic carbocycles. The highest BCUT2D eigenvalue weighted by molar-refractivity contribution is 6.31. The van der Waals surface area contributed by atoms with Gasteiger partial charge in [-0.2, -0.15) is 4.98 Å². The number of piperidine rings is 1. The quantitative estimate of drug-likeness (QED) is 0.463. The predicted octanol–water partition coefficient (Wildman–Crippen LogP) is 2.91. The van der Waals surface area contributed by atoms with Crippen LogP contribution in [0.4, 0.5) is 11.7 Å². The number of nitrogens with two attached hydrogens (primary N) is 1. The van der Waals surface area contributed by atoms with E-state index >= 15 is 0 Å². The molecular weight excluding hydrogens is 474 g/mol. The minimum Gasteiger partial charge on any atom is -0.417 e. The molecular formula is C24H20ClN5O5. The van der Waals surface area contributed by atoms with Gasteiger partial charge in [-0.05, 0) is 48.7 Å². The smallest absolute Gasteiger partial charge is 0.300 e. The Bertz CT molecular complexity index is 1420. The first-order valence-electron chi connectivity index (χ1n) is 10.8. The van der Waals surface area contributed by atoms with Crippen LogP contribution in [0.1, 0.15) is 44.9 Å². The van der Waals surface area contributed by atoms with Crippen LogP contribution < -0.4 is 16.4 Å². The van der Waals surface area contributed by atoms with Crippen molar-refractivity contribution in [2.75, 3.05) is 5.32 Å². The summed E-state index contributed by atoms with van der Waals surface area (Å²) in [7, 11) is 0. The summed E-state index contributed by atoms with van der Waals surface area (Å²) in [6.07, 6.45) is 0.440. The maximum absolute atomic E-state index is 12.9. The van der Waals surface area contributed by atoms with E-state index in [0.717, 1.165) is 5.56 Å². The van der Waals surface area contributed by atoms with E-state index in [9.17, 15) is 19.2 Å². The Morgan fingerprint density at radius 1 is 1.23 bits per heavy atom. The van der Waals surface area contributed by atoms with E-state index in [1.54, 1.807) is 30.3 Å². The average molecular weight is 494 g/mol. The summed E-state index contributed by atoms with van der Waals surface area (Å²) in [6.45, 7) is 2.06. The minimum absolute atomic E-state index is 0.0514. The Morgan fingerprint density at radius 2 is 2.03 bits per heavy atom. The van der Waals surface area contributed by atoms with E-state index in [0.29, 0.717) is 27.4 Å². The van der Waals surface area contributed by atoms with E-state index in [2.05, 4.69) is 15.6 Å². The van der Waals surface area contributed by atoms with Gasteiger partial charge in [-0.3, -0.25) is 24.5 Å². The molecule has 2 aliphatic rings. The lowest BCUT2D eigenvalue weighted by Crippen LogP contribution is -2.52. The van der Waals surface area contributed by atoms with Crippen LogP contribution in [0.3, 0.4) is 0 Å². The van der Waals surface area contributed by atoms with Gasteiger partial charge in [0.1, 0.15) is 11.7 Å². The molecule has 1 atom stereocenters. The molecule has 0 spiro atoms. The van der Waals surface area contributed by atoms with E-state index in [-0.39, 0.29) is 48.7 Å². The number of aryl methyl sites for hydroxylation is 1. The molecule has 10 nitrogen and oxygen atoms in total. The fraction of sp³-hybridized carbons (Fsp3) is 0.208. The Hall–Kier alpha value is -4.18. The Kier molecular flexibility index (Phi) is 5.52. The second-order valence-electron chi connectivity index (χ2n) is 8.42. The van der Waals surface area contributed by atoms with Gasteiger partial charge in [0.05, 0.1) is 0 Å². The molecule has 178 valence electrons. The van der Waals surface area contributed by atoms with Crippen molar-refractivity contribution < 1.29 is 23.6 Å². The molecule has 1 fully saturated rings. The molecule has 1 saturated heterocycles. The summed E-state index contributed by atoms with van der Waals surface area (Å²) in [5.41, 5.74) is 8.89. The number of primary amides is 1. The standard InChI is InChI=1S/C24H20ClN5O5/c1-11-2-4-14(9-16(11)25)27-24-29-19(20(35-24)21(26)32)12-3-5-15-13(8-12)10-30(23(15)34)17-6-7-18(31)28-22(17)33/h2-5,8-9,17H,6-7,10H2,1H3,(H2,26,32)(H,27,29)(H,28,31,33). The molecule has 3 heterocycles. The highest BCUT2D eigenvalue weighted by atomic mass is 35.5. The number of benzene rings is 2. The van der Waals surface area contributed by atoms with Crippen LogP contribution in [0.5, 0.6) is 0 Å². The molecule has 2 aliphatic heterocycles. The van der Waals surface area contributed by atoms with Crippen molar-refractivity contribution >= 4 is 46.9 Å². The van der Waals surface area contributed by atoms with E-state index in [4.69, 9.17) is 21.8 Å². The van der Waals surface area contributed by atoms with Gasteiger partial charge in [0.2, 0.25) is 17.6 Å². The van der Waals surface area contributed by atoms with Crippen LogP contribution in [-0.4, -0.2) is 39.6 Å². The number of imide groups is 1. The van der Waals surface area contributed by atoms with Gasteiger partial charge in [0.25, 0.3) is 17.8 Å². The first-order valence-corrected chi connectivity index (χ1v) is 11.2. The van der Waals surface area contributed by atoms with Crippen LogP contribution >= 0.6 is 11.6 Å². The van der Waals surface area contributed by atoms with Crippen LogP contribution in [-0.2, 0) is 16.1 Å². The zero-order valence-electron chi connectivity index (χ0n) is 18.6. The molecule has 4 amide bonds. The maximum atomic E-state index is 12.9. The summed E-state index contributed by atoms with van der Waals surface area (Å²) in [5, 5.41) is 5.81. The third-order valence-corrected chi connectivity index (χ3v) is 6.48. The summed E-state index contributed by atoms with van der Waals surface area (Å²) in [5.74, 6) is -2.07. The molecule has 1 aromatic heterocycles. The zero-order chi connectivity index (χ0) is 24.9. The summed E-state index contributed by atoms with van der Waals surface area (Å²) >= 11 is 6.17. The van der Waals surface area contributed by atoms with Crippen LogP contribution in [0, 0.1) is 6.92 Å². The molecule has 35 heavy (non-hydrogen) atoms. The van der Waals surface area contributed by atoms with Crippen LogP contribution in [0.2, 0.25) is 5.02 Å². The fourth-order valence-corrected chi connectivity index (χ4v) is 4.43. The molecule has 1 unspecified atom stereocenters. The lowest BCUT2D eigenvalue weighted by atomic mass is 10.0. The van der Waals surface area contributed by atoms with Gasteiger partial charge in [-0.15, -0.1) is 0 Å². The molecule has 2 aromatic carbocycles. The van der Waals surface area contributed by atoms with Gasteiger partial charge in [-0.1, -0.05) is 23.7 Å². The predicted molar refractivity (Wildman–Crippen MR) is 126 cm³/mol. The average Bonchev–Trinajstić information content (AvgIpc) is 3.37. The van der Waals surface area contributed by atoms with Crippen molar-refractivity contribution in [2.24, 2.45) is 5.73 Å². The van der Waals surface area contributed by atoms with Gasteiger partial charge in [-0.25, -0.2) is 0 Å². The highest BCUT2D eigenvalue weighted by Gasteiger charge is 2.39. The Labute approximate surface area is 204 Å². The van der Waals surface area contributed by atoms with Crippen molar-refractivity contribution in [2.45, 2.75) is 32.4 Å². The van der Waals surface area contributed by atoms with Crippen molar-refractivity contribution in [1.29, 1.82) is 0 Å². The van der Waals surface area contributed by atoms with Crippen LogP contribution in [0.25, 0.3) is 11.3 Å². The number of rotatable bonds is 5. The van der Waals surface area contributed by atoms with Gasteiger partial charge in [0, 0.05) is 34.8 Å². The number of nitrogens with one attached hydrogen (secondary N) is 2. The van der Waals surface area contributed by atoms with Gasteiger partial charge in [0.15, 0.2) is 0 Å². The molecule has 11 heteroatoms. The first kappa shape index (κ1) is 22.6. The number of amides is 4. The number of carbonyl (C=O) groups is 4. The number of oxazole rings is 1. The molecule has 0 bridgehead atoms. The molecule has 0 saturated carbocycles. The van der Waals surface area contributed by atoms with Crippen molar-refractivity contribution in [3.63, 3.8) is 0 Å². The van der Waals surface area contributed by atoms with Gasteiger partial charge < -0.3 is 20.4 Å². The molecule has 0 radical (unpaired) electrons. The first-order chi connectivity index (χ1) is 16.7. The number of hydrogen-bond donors (Lipinski definition) is 3. The number of carbonyl (C=O) groups excluding carboxylic acids is 4. The lowest BCUT2D eigenvalue weighted by Gasteiger charge is -2.29. The molecule has 5 rings (SSSR count). The van der Waals surface area contributed by atoms with E-state index < -0.39 is 17.9 Å². The number of halogens is 1. The highest BCUT2D eigenvalue weighted by Crippen LogP contribution is 2.34. The van der Waals surface area contributed by atoms with Gasteiger partial charge >= 0.3 is 0 Å². The topological polar surface area (TPSA) is 148 Å². The SMILES string of the molecule is Cc1ccc(Nc2nc(-c3ccc4c(c3)CN(C3CCC(=O)NC3=O)C4=O)c(C(N)=O)o2)cc1Cl. The molecule has 4 N–H and O–H groups in total. The van der Waals surface area contributed by atoms with Crippen molar-refractivity contribution in [1.82, 2.24) is 15.2 Å². The number of anilines is 2. The number of hydrogen-bond acceptors (Lipinski definition) is 7. The number of aromatic nitrogens is 1. The normalized spacial score (nSPS) is 17.4. The maximum Gasteiger partial charge on any atom is 0.300 e. The Morgan fingerprint density at radius 3 is 2.74 bits per heavy atom. The minimum atomic E-state index is -0.802. The summed E-state index contributed by atoms with van der Waals surface area (Å²) in [6, 6.07) is 9.63. The van der Waals surface area contributed by atoms with Crippen molar-refractivity contribution in [3.8, 4) is 11.3 Å². The zero-order valence-corrected chi connectivity index (χ0v) is 19.3. The van der Waals surface area contributed by atoms with E-state index in [1.807, 2.05) is 13.0 Å². The number of fused-ring (bicyclic) bond motifs is 1. The Balaban J connectivity index is 1.44.